The molecule has 1 aromatic carbocycles. The van der Waals surface area contributed by atoms with Crippen LogP contribution in [0.2, 0.25) is 0 Å². The average Bonchev–Trinajstić information content (AvgIpc) is 2.74. The second-order valence-corrected chi connectivity index (χ2v) is 3.71. The highest BCUT2D eigenvalue weighted by atomic mass is 16.1. The van der Waals surface area contributed by atoms with E-state index in [1.165, 1.54) is 5.56 Å². The van der Waals surface area contributed by atoms with Gasteiger partial charge >= 0.3 is 5.69 Å². The van der Waals surface area contributed by atoms with Gasteiger partial charge in [-0.05, 0) is 37.2 Å². The number of hydrogen-bond donors (Lipinski definition) is 3. The number of aromatic amines is 2. The summed E-state index contributed by atoms with van der Waals surface area (Å²) in [6, 6.07) is 8.18. The molecule has 0 aliphatic carbocycles. The summed E-state index contributed by atoms with van der Waals surface area (Å²) in [5.74, 6) is 0. The monoisotopic (exact) mass is 217 g/mol. The van der Waals surface area contributed by atoms with Crippen LogP contribution in [-0.2, 0) is 6.42 Å². The van der Waals surface area contributed by atoms with Crippen LogP contribution in [0.4, 0.5) is 0 Å². The van der Waals surface area contributed by atoms with E-state index in [1.54, 1.807) is 6.20 Å². The first-order valence-corrected chi connectivity index (χ1v) is 5.31. The van der Waals surface area contributed by atoms with Gasteiger partial charge in [-0.2, -0.15) is 0 Å². The van der Waals surface area contributed by atoms with Crippen molar-refractivity contribution in [3.63, 3.8) is 0 Å². The summed E-state index contributed by atoms with van der Waals surface area (Å²) in [5.41, 5.74) is 2.95. The van der Waals surface area contributed by atoms with Crippen molar-refractivity contribution in [2.24, 2.45) is 0 Å². The van der Waals surface area contributed by atoms with E-state index in [1.807, 2.05) is 19.2 Å². The zero-order valence-corrected chi connectivity index (χ0v) is 9.21. The molecule has 0 aliphatic heterocycles. The fraction of sp³-hybridized carbons (Fsp3) is 0.250. The summed E-state index contributed by atoms with van der Waals surface area (Å²) in [7, 11) is 1.94. The molecule has 3 N–H and O–H groups in total. The van der Waals surface area contributed by atoms with E-state index in [2.05, 4.69) is 27.4 Å². The molecule has 0 aliphatic rings. The minimum Gasteiger partial charge on any atom is -0.319 e. The van der Waals surface area contributed by atoms with Crippen LogP contribution in [0.1, 0.15) is 5.56 Å². The standard InChI is InChI=1S/C12H15N3O/c1-13-6-5-9-3-2-4-10(7-9)11-8-14-12(16)15-11/h2-4,7-8,13H,5-6H2,1H3,(H2,14,15,16). The summed E-state index contributed by atoms with van der Waals surface area (Å²) in [4.78, 5) is 16.4. The summed E-state index contributed by atoms with van der Waals surface area (Å²) in [6.45, 7) is 0.951. The van der Waals surface area contributed by atoms with E-state index in [-0.39, 0.29) is 5.69 Å². The largest absolute Gasteiger partial charge is 0.323 e. The fourth-order valence-electron chi connectivity index (χ4n) is 1.65. The van der Waals surface area contributed by atoms with Gasteiger partial charge in [0.25, 0.3) is 0 Å². The number of H-pyrrole nitrogens is 2. The molecule has 84 valence electrons. The Morgan fingerprint density at radius 2 is 2.25 bits per heavy atom. The number of imidazole rings is 1. The number of likely N-dealkylation sites (N-methyl/N-ethyl adjacent to an activating group) is 1. The third-order valence-electron chi connectivity index (χ3n) is 2.50. The Balaban J connectivity index is 2.25. The summed E-state index contributed by atoms with van der Waals surface area (Å²) >= 11 is 0. The molecule has 0 radical (unpaired) electrons. The van der Waals surface area contributed by atoms with Crippen molar-refractivity contribution in [3.05, 3.63) is 46.5 Å². The van der Waals surface area contributed by atoms with Gasteiger partial charge in [-0.3, -0.25) is 0 Å². The van der Waals surface area contributed by atoms with E-state index in [0.29, 0.717) is 0 Å². The first kappa shape index (κ1) is 10.7. The first-order chi connectivity index (χ1) is 7.79. The highest BCUT2D eigenvalue weighted by molar-refractivity contribution is 5.58. The SMILES string of the molecule is CNCCc1cccc(-c2c[nH]c(=O)[nH]2)c1. The number of nitrogens with one attached hydrogen (secondary N) is 3. The van der Waals surface area contributed by atoms with Gasteiger partial charge < -0.3 is 15.3 Å². The molecule has 16 heavy (non-hydrogen) atoms. The lowest BCUT2D eigenvalue weighted by Crippen LogP contribution is -2.10. The molecule has 0 spiro atoms. The molecule has 0 fully saturated rings. The van der Waals surface area contributed by atoms with Crippen LogP contribution in [0, 0.1) is 0 Å². The van der Waals surface area contributed by atoms with Crippen molar-refractivity contribution in [1.29, 1.82) is 0 Å². The molecule has 0 unspecified atom stereocenters. The molecule has 4 nitrogen and oxygen atoms in total. The summed E-state index contributed by atoms with van der Waals surface area (Å²) in [6.07, 6.45) is 2.68. The maximum Gasteiger partial charge on any atom is 0.323 e. The normalized spacial score (nSPS) is 10.6. The van der Waals surface area contributed by atoms with Crippen molar-refractivity contribution in [2.45, 2.75) is 6.42 Å². The van der Waals surface area contributed by atoms with Crippen molar-refractivity contribution in [1.82, 2.24) is 15.3 Å². The molecular weight excluding hydrogens is 202 g/mol. The predicted octanol–water partition coefficient (Wildman–Crippen LogP) is 1.13. The van der Waals surface area contributed by atoms with Gasteiger partial charge in [0.05, 0.1) is 5.69 Å². The quantitative estimate of drug-likeness (QED) is 0.719. The number of rotatable bonds is 4. The van der Waals surface area contributed by atoms with Gasteiger partial charge in [0.1, 0.15) is 0 Å². The molecule has 1 heterocycles. The predicted molar refractivity (Wildman–Crippen MR) is 64.5 cm³/mol. The highest BCUT2D eigenvalue weighted by Crippen LogP contribution is 2.16. The maximum absolute atomic E-state index is 11.0. The second kappa shape index (κ2) is 4.81. The Labute approximate surface area is 93.7 Å². The maximum atomic E-state index is 11.0. The molecule has 0 bridgehead atoms. The van der Waals surface area contributed by atoms with Gasteiger partial charge in [0.15, 0.2) is 0 Å². The summed E-state index contributed by atoms with van der Waals surface area (Å²) in [5, 5.41) is 3.12. The van der Waals surface area contributed by atoms with Crippen LogP contribution >= 0.6 is 0 Å². The molecule has 1 aromatic heterocycles. The average molecular weight is 217 g/mol. The lowest BCUT2D eigenvalue weighted by Gasteiger charge is -2.03. The molecule has 4 heteroatoms. The van der Waals surface area contributed by atoms with Crippen LogP contribution in [0.5, 0.6) is 0 Å². The van der Waals surface area contributed by atoms with Gasteiger partial charge in [-0.15, -0.1) is 0 Å². The minimum absolute atomic E-state index is 0.171. The smallest absolute Gasteiger partial charge is 0.319 e. The minimum atomic E-state index is -0.171. The lowest BCUT2D eigenvalue weighted by atomic mass is 10.1. The molecule has 2 rings (SSSR count). The lowest BCUT2D eigenvalue weighted by molar-refractivity contribution is 0.792. The van der Waals surface area contributed by atoms with Gasteiger partial charge in [-0.25, -0.2) is 4.79 Å². The number of benzene rings is 1. The Morgan fingerprint density at radius 1 is 1.38 bits per heavy atom. The van der Waals surface area contributed by atoms with E-state index in [0.717, 1.165) is 24.2 Å². The Kier molecular flexibility index (Phi) is 3.22. The number of hydrogen-bond acceptors (Lipinski definition) is 2. The molecule has 2 aromatic rings. The van der Waals surface area contributed by atoms with Crippen molar-refractivity contribution >= 4 is 0 Å². The van der Waals surface area contributed by atoms with Crippen LogP contribution < -0.4 is 11.0 Å². The zero-order valence-electron chi connectivity index (χ0n) is 9.21. The van der Waals surface area contributed by atoms with Crippen LogP contribution in [0.15, 0.2) is 35.3 Å². The molecule has 0 amide bonds. The Hall–Kier alpha value is -1.81. The Bertz CT molecular complexity index is 513. The molecule has 0 saturated carbocycles. The van der Waals surface area contributed by atoms with Crippen molar-refractivity contribution in [2.75, 3.05) is 13.6 Å². The third-order valence-corrected chi connectivity index (χ3v) is 2.50. The van der Waals surface area contributed by atoms with Crippen LogP contribution in [0.3, 0.4) is 0 Å². The highest BCUT2D eigenvalue weighted by Gasteiger charge is 2.01. The second-order valence-electron chi connectivity index (χ2n) is 3.71. The van der Waals surface area contributed by atoms with Crippen molar-refractivity contribution in [3.8, 4) is 11.3 Å². The van der Waals surface area contributed by atoms with Gasteiger partial charge in [0, 0.05) is 6.20 Å². The fourth-order valence-corrected chi connectivity index (χ4v) is 1.65. The van der Waals surface area contributed by atoms with Crippen LogP contribution in [0.25, 0.3) is 11.3 Å². The van der Waals surface area contributed by atoms with Gasteiger partial charge in [-0.1, -0.05) is 18.2 Å². The first-order valence-electron chi connectivity index (χ1n) is 5.31. The Morgan fingerprint density at radius 3 is 2.94 bits per heavy atom. The topological polar surface area (TPSA) is 60.7 Å². The number of aromatic nitrogens is 2. The molecule has 0 atom stereocenters. The van der Waals surface area contributed by atoms with E-state index >= 15 is 0 Å². The third kappa shape index (κ3) is 2.41. The van der Waals surface area contributed by atoms with Gasteiger partial charge in [0.2, 0.25) is 0 Å². The van der Waals surface area contributed by atoms with Crippen LogP contribution in [-0.4, -0.2) is 23.6 Å². The summed E-state index contributed by atoms with van der Waals surface area (Å²) < 4.78 is 0. The molecule has 0 saturated heterocycles. The van der Waals surface area contributed by atoms with Crippen molar-refractivity contribution < 1.29 is 0 Å². The van der Waals surface area contributed by atoms with E-state index < -0.39 is 0 Å². The molecular formula is C12H15N3O. The van der Waals surface area contributed by atoms with E-state index in [4.69, 9.17) is 0 Å². The zero-order chi connectivity index (χ0) is 11.4. The van der Waals surface area contributed by atoms with E-state index in [9.17, 15) is 4.79 Å².